The minimum atomic E-state index is 0.787. The van der Waals surface area contributed by atoms with E-state index in [2.05, 4.69) is 22.2 Å². The molecular formula is C10H17ClN4. The third-order valence-corrected chi connectivity index (χ3v) is 3.10. The Morgan fingerprint density at radius 1 is 1.47 bits per heavy atom. The molecule has 84 valence electrons. The highest BCUT2D eigenvalue weighted by molar-refractivity contribution is 6.31. The van der Waals surface area contributed by atoms with E-state index >= 15 is 0 Å². The van der Waals surface area contributed by atoms with Gasteiger partial charge in [0.2, 0.25) is 0 Å². The number of nitrogens with zero attached hydrogens (tertiary/aromatic N) is 3. The first-order chi connectivity index (χ1) is 7.31. The van der Waals surface area contributed by atoms with E-state index in [9.17, 15) is 0 Å². The lowest BCUT2D eigenvalue weighted by molar-refractivity contribution is 0.227. The Bertz CT molecular complexity index is 317. The van der Waals surface area contributed by atoms with Crippen molar-refractivity contribution in [3.8, 4) is 0 Å². The van der Waals surface area contributed by atoms with Crippen LogP contribution in [-0.2, 0) is 13.1 Å². The summed E-state index contributed by atoms with van der Waals surface area (Å²) in [5, 5.41) is 8.37. The second kappa shape index (κ2) is 4.96. The van der Waals surface area contributed by atoms with Gasteiger partial charge in [-0.2, -0.15) is 5.10 Å². The van der Waals surface area contributed by atoms with Crippen LogP contribution in [0.5, 0.6) is 0 Å². The summed E-state index contributed by atoms with van der Waals surface area (Å²) in [6.45, 7) is 8.19. The Morgan fingerprint density at radius 2 is 2.20 bits per heavy atom. The molecule has 15 heavy (non-hydrogen) atoms. The van der Waals surface area contributed by atoms with Gasteiger partial charge in [-0.3, -0.25) is 9.58 Å². The zero-order chi connectivity index (χ0) is 10.7. The first-order valence-corrected chi connectivity index (χ1v) is 5.82. The summed E-state index contributed by atoms with van der Waals surface area (Å²) in [4.78, 5) is 2.41. The highest BCUT2D eigenvalue weighted by Gasteiger charge is 2.14. The predicted molar refractivity (Wildman–Crippen MR) is 61.1 cm³/mol. The van der Waals surface area contributed by atoms with Gasteiger partial charge in [0, 0.05) is 39.3 Å². The lowest BCUT2D eigenvalue weighted by Gasteiger charge is -2.27. The fraction of sp³-hybridized carbons (Fsp3) is 0.700. The summed E-state index contributed by atoms with van der Waals surface area (Å²) in [6, 6.07) is 0. The molecule has 0 amide bonds. The molecule has 0 aromatic carbocycles. The van der Waals surface area contributed by atoms with Crippen LogP contribution in [-0.4, -0.2) is 40.9 Å². The van der Waals surface area contributed by atoms with E-state index < -0.39 is 0 Å². The smallest absolute Gasteiger partial charge is 0.0831 e. The van der Waals surface area contributed by atoms with Crippen LogP contribution in [0, 0.1) is 0 Å². The highest BCUT2D eigenvalue weighted by atomic mass is 35.5. The van der Waals surface area contributed by atoms with Crippen molar-refractivity contribution in [3.05, 3.63) is 16.9 Å². The summed E-state index contributed by atoms with van der Waals surface area (Å²) in [6.07, 6.45) is 1.74. The molecule has 1 aliphatic heterocycles. The normalized spacial score (nSPS) is 18.3. The second-order valence-electron chi connectivity index (χ2n) is 3.78. The molecule has 2 rings (SSSR count). The molecule has 1 aliphatic rings. The van der Waals surface area contributed by atoms with Crippen molar-refractivity contribution in [2.24, 2.45) is 0 Å². The van der Waals surface area contributed by atoms with Gasteiger partial charge in [-0.1, -0.05) is 11.6 Å². The summed E-state index contributed by atoms with van der Waals surface area (Å²) < 4.78 is 1.98. The van der Waals surface area contributed by atoms with E-state index in [1.54, 1.807) is 6.20 Å². The molecular weight excluding hydrogens is 212 g/mol. The van der Waals surface area contributed by atoms with E-state index in [-0.39, 0.29) is 0 Å². The van der Waals surface area contributed by atoms with Crippen molar-refractivity contribution >= 4 is 11.6 Å². The highest BCUT2D eigenvalue weighted by Crippen LogP contribution is 2.17. The standard InChI is InChI=1S/C10H17ClN4/c1-2-15-10(9(11)7-13-15)8-14-5-3-12-4-6-14/h7,12H,2-6,8H2,1H3. The van der Waals surface area contributed by atoms with Crippen LogP contribution in [0.3, 0.4) is 0 Å². The van der Waals surface area contributed by atoms with Crippen molar-refractivity contribution < 1.29 is 0 Å². The summed E-state index contributed by atoms with van der Waals surface area (Å²) in [5.74, 6) is 0. The molecule has 2 heterocycles. The Kier molecular flexibility index (Phi) is 3.61. The van der Waals surface area contributed by atoms with E-state index in [4.69, 9.17) is 11.6 Å². The van der Waals surface area contributed by atoms with Crippen LogP contribution < -0.4 is 5.32 Å². The number of aromatic nitrogens is 2. The fourth-order valence-electron chi connectivity index (χ4n) is 1.90. The predicted octanol–water partition coefficient (Wildman–Crippen LogP) is 0.962. The fourth-order valence-corrected chi connectivity index (χ4v) is 2.10. The molecule has 1 fully saturated rings. The SMILES string of the molecule is CCn1ncc(Cl)c1CN1CCNCC1. The maximum absolute atomic E-state index is 6.12. The lowest BCUT2D eigenvalue weighted by Crippen LogP contribution is -2.43. The van der Waals surface area contributed by atoms with Crippen LogP contribution in [0.4, 0.5) is 0 Å². The van der Waals surface area contributed by atoms with E-state index in [1.165, 1.54) is 0 Å². The van der Waals surface area contributed by atoms with Gasteiger partial charge in [0.05, 0.1) is 16.9 Å². The van der Waals surface area contributed by atoms with Crippen molar-refractivity contribution in [1.29, 1.82) is 0 Å². The zero-order valence-electron chi connectivity index (χ0n) is 9.04. The molecule has 0 atom stereocenters. The molecule has 0 radical (unpaired) electrons. The summed E-state index contributed by atoms with van der Waals surface area (Å²) in [5.41, 5.74) is 1.14. The molecule has 1 aromatic rings. The van der Waals surface area contributed by atoms with Gasteiger partial charge in [0.15, 0.2) is 0 Å². The Morgan fingerprint density at radius 3 is 2.87 bits per heavy atom. The quantitative estimate of drug-likeness (QED) is 0.837. The molecule has 0 saturated carbocycles. The number of piperazine rings is 1. The lowest BCUT2D eigenvalue weighted by atomic mass is 10.3. The van der Waals surface area contributed by atoms with Gasteiger partial charge in [-0.05, 0) is 6.92 Å². The monoisotopic (exact) mass is 228 g/mol. The first kappa shape index (κ1) is 10.9. The molecule has 5 heteroatoms. The van der Waals surface area contributed by atoms with Crippen LogP contribution >= 0.6 is 11.6 Å². The van der Waals surface area contributed by atoms with E-state index in [0.717, 1.165) is 50.0 Å². The van der Waals surface area contributed by atoms with Crippen molar-refractivity contribution in [2.45, 2.75) is 20.0 Å². The Balaban J connectivity index is 2.04. The zero-order valence-corrected chi connectivity index (χ0v) is 9.80. The molecule has 1 saturated heterocycles. The molecule has 4 nitrogen and oxygen atoms in total. The number of rotatable bonds is 3. The average molecular weight is 229 g/mol. The second-order valence-corrected chi connectivity index (χ2v) is 4.19. The molecule has 1 aromatic heterocycles. The molecule has 0 bridgehead atoms. The number of nitrogens with one attached hydrogen (secondary N) is 1. The summed E-state index contributed by atoms with van der Waals surface area (Å²) >= 11 is 6.12. The van der Waals surface area contributed by atoms with Gasteiger partial charge >= 0.3 is 0 Å². The van der Waals surface area contributed by atoms with Crippen LogP contribution in [0.2, 0.25) is 5.02 Å². The molecule has 0 unspecified atom stereocenters. The first-order valence-electron chi connectivity index (χ1n) is 5.44. The van der Waals surface area contributed by atoms with Crippen molar-refractivity contribution in [1.82, 2.24) is 20.0 Å². The van der Waals surface area contributed by atoms with Gasteiger partial charge in [-0.25, -0.2) is 0 Å². The maximum atomic E-state index is 6.12. The summed E-state index contributed by atoms with van der Waals surface area (Å²) in [7, 11) is 0. The van der Waals surface area contributed by atoms with Crippen LogP contribution in [0.1, 0.15) is 12.6 Å². The van der Waals surface area contributed by atoms with Gasteiger partial charge < -0.3 is 5.32 Å². The van der Waals surface area contributed by atoms with Gasteiger partial charge in [0.1, 0.15) is 0 Å². The molecule has 1 N–H and O–H groups in total. The maximum Gasteiger partial charge on any atom is 0.0831 e. The van der Waals surface area contributed by atoms with E-state index in [0.29, 0.717) is 0 Å². The average Bonchev–Trinajstić information content (AvgIpc) is 2.62. The third kappa shape index (κ3) is 2.51. The largest absolute Gasteiger partial charge is 0.314 e. The Hall–Kier alpha value is -0.580. The van der Waals surface area contributed by atoms with Crippen LogP contribution in [0.25, 0.3) is 0 Å². The molecule has 0 spiro atoms. The Labute approximate surface area is 95.2 Å². The number of halogens is 1. The van der Waals surface area contributed by atoms with Crippen molar-refractivity contribution in [3.63, 3.8) is 0 Å². The van der Waals surface area contributed by atoms with Crippen molar-refractivity contribution in [2.75, 3.05) is 26.2 Å². The van der Waals surface area contributed by atoms with Gasteiger partial charge in [-0.15, -0.1) is 0 Å². The minimum Gasteiger partial charge on any atom is -0.314 e. The number of aryl methyl sites for hydroxylation is 1. The third-order valence-electron chi connectivity index (χ3n) is 2.78. The van der Waals surface area contributed by atoms with E-state index in [1.807, 2.05) is 4.68 Å². The topological polar surface area (TPSA) is 33.1 Å². The number of hydrogen-bond acceptors (Lipinski definition) is 3. The number of hydrogen-bond donors (Lipinski definition) is 1. The van der Waals surface area contributed by atoms with Crippen LogP contribution in [0.15, 0.2) is 6.20 Å². The minimum absolute atomic E-state index is 0.787. The van der Waals surface area contributed by atoms with Gasteiger partial charge in [0.25, 0.3) is 0 Å². The molecule has 0 aliphatic carbocycles.